The van der Waals surface area contributed by atoms with Gasteiger partial charge in [-0.05, 0) is 12.1 Å². The molecule has 0 amide bonds. The van der Waals surface area contributed by atoms with Crippen molar-refractivity contribution in [3.05, 3.63) is 40.8 Å². The molecule has 0 spiro atoms. The molecule has 8 heteroatoms. The van der Waals surface area contributed by atoms with Crippen molar-refractivity contribution in [3.8, 4) is 10.4 Å². The van der Waals surface area contributed by atoms with Gasteiger partial charge in [-0.3, -0.25) is 0 Å². The predicted molar refractivity (Wildman–Crippen MR) is 65.6 cm³/mol. The number of aromatic nitrogens is 3. The van der Waals surface area contributed by atoms with Crippen molar-refractivity contribution in [3.63, 3.8) is 0 Å². The molecular weight excluding hydrogens is 313 g/mol. The number of carboxylic acids is 1. The van der Waals surface area contributed by atoms with Crippen molar-refractivity contribution in [1.82, 2.24) is 14.6 Å². The van der Waals surface area contributed by atoms with Crippen molar-refractivity contribution < 1.29 is 61.3 Å². The van der Waals surface area contributed by atoms with Gasteiger partial charge in [0.15, 0.2) is 0 Å². The third-order valence-electron chi connectivity index (χ3n) is 2.43. The zero-order valence-corrected chi connectivity index (χ0v) is 14.5. The first-order valence-electron chi connectivity index (χ1n) is 4.95. The monoisotopic (exact) mass is 317 g/mol. The maximum absolute atomic E-state index is 10.7. The molecule has 0 N–H and O–H groups in total. The Morgan fingerprint density at radius 2 is 2.21 bits per heavy atom. The average Bonchev–Trinajstić information content (AvgIpc) is 2.93. The van der Waals surface area contributed by atoms with Crippen LogP contribution in [0.1, 0.15) is 9.80 Å². The van der Waals surface area contributed by atoms with E-state index >= 15 is 0 Å². The molecule has 3 rings (SSSR count). The van der Waals surface area contributed by atoms with E-state index in [4.69, 9.17) is 11.6 Å². The Kier molecular flexibility index (Phi) is 4.77. The van der Waals surface area contributed by atoms with Gasteiger partial charge < -0.3 is 9.90 Å². The van der Waals surface area contributed by atoms with Crippen LogP contribution in [-0.4, -0.2) is 20.6 Å². The molecule has 90 valence electrons. The van der Waals surface area contributed by atoms with Gasteiger partial charge in [-0.1, -0.05) is 11.6 Å². The van der Waals surface area contributed by atoms with Crippen molar-refractivity contribution in [1.29, 1.82) is 0 Å². The van der Waals surface area contributed by atoms with Gasteiger partial charge in [-0.25, -0.2) is 9.50 Å². The summed E-state index contributed by atoms with van der Waals surface area (Å²) >= 11 is 6.98. The van der Waals surface area contributed by atoms with E-state index in [1.165, 1.54) is 6.20 Å². The number of aromatic carboxylic acids is 1. The third-order valence-corrected chi connectivity index (χ3v) is 3.68. The molecule has 0 aliphatic carbocycles. The van der Waals surface area contributed by atoms with E-state index in [-0.39, 0.29) is 56.4 Å². The van der Waals surface area contributed by atoms with Crippen LogP contribution in [0, 0.1) is 0 Å². The number of hydrogen-bond acceptors (Lipinski definition) is 5. The zero-order chi connectivity index (χ0) is 12.7. The Hall–Kier alpha value is -0.284. The summed E-state index contributed by atoms with van der Waals surface area (Å²) in [6, 6.07) is 3.49. The van der Waals surface area contributed by atoms with Gasteiger partial charge >= 0.3 is 51.4 Å². The number of carbonyl (C=O) groups is 1. The second-order valence-corrected chi connectivity index (χ2v) is 5.02. The Bertz CT molecular complexity index is 755. The molecule has 0 bridgehead atoms. The summed E-state index contributed by atoms with van der Waals surface area (Å²) in [4.78, 5) is 15.2. The normalized spacial score (nSPS) is 10.4. The van der Waals surface area contributed by atoms with Crippen LogP contribution in [0.3, 0.4) is 0 Å². The third kappa shape index (κ3) is 2.92. The van der Waals surface area contributed by atoms with Gasteiger partial charge in [0, 0.05) is 23.0 Å². The summed E-state index contributed by atoms with van der Waals surface area (Å²) in [6.45, 7) is 0. The fraction of sp³-hybridized carbons (Fsp3) is 0. The van der Waals surface area contributed by atoms with E-state index in [1.807, 2.05) is 0 Å². The topological polar surface area (TPSA) is 70.3 Å². The number of hydrogen-bond donors (Lipinski definition) is 0. The predicted octanol–water partition coefficient (Wildman–Crippen LogP) is -1.52. The summed E-state index contributed by atoms with van der Waals surface area (Å²) in [5, 5.41) is 15.4. The fourth-order valence-corrected chi connectivity index (χ4v) is 2.57. The quantitative estimate of drug-likeness (QED) is 0.538. The number of thiazole rings is 1. The Balaban J connectivity index is 0.00000133. The Labute approximate surface area is 159 Å². The summed E-state index contributed by atoms with van der Waals surface area (Å²) < 4.78 is 1.67. The van der Waals surface area contributed by atoms with E-state index < -0.39 is 5.97 Å². The first kappa shape index (κ1) is 15.1. The molecule has 0 radical (unpaired) electrons. The minimum atomic E-state index is -1.28. The van der Waals surface area contributed by atoms with Crippen LogP contribution in [0.5, 0.6) is 0 Å². The fourth-order valence-electron chi connectivity index (χ4n) is 1.64. The van der Waals surface area contributed by atoms with Gasteiger partial charge in [0.1, 0.15) is 11.0 Å². The van der Waals surface area contributed by atoms with Crippen molar-refractivity contribution in [2.75, 3.05) is 0 Å². The van der Waals surface area contributed by atoms with E-state index in [0.29, 0.717) is 9.90 Å². The number of carbonyl (C=O) groups excluding carboxylic acids is 1. The molecule has 3 aromatic rings. The van der Waals surface area contributed by atoms with Gasteiger partial charge in [0.05, 0.1) is 16.6 Å². The van der Waals surface area contributed by atoms with Crippen LogP contribution in [0.25, 0.3) is 16.0 Å². The number of nitrogens with zero attached hydrogens (tertiary/aromatic N) is 3. The second kappa shape index (κ2) is 6.00. The molecule has 0 fully saturated rings. The van der Waals surface area contributed by atoms with Crippen molar-refractivity contribution in [2.24, 2.45) is 0 Å². The number of halogens is 1. The maximum Gasteiger partial charge on any atom is 1.00 e. The number of rotatable bonds is 2. The molecule has 0 aliphatic heterocycles. The summed E-state index contributed by atoms with van der Waals surface area (Å²) in [7, 11) is 0. The van der Waals surface area contributed by atoms with Crippen LogP contribution in [0.2, 0.25) is 5.02 Å². The molecule has 0 unspecified atom stereocenters. The van der Waals surface area contributed by atoms with E-state index in [1.54, 1.807) is 29.0 Å². The standard InChI is InChI=1S/C11H6ClN3O2S.K/c12-6-1-2-15-8(3-6)7(4-14-15)9-5-13-10(18-9)11(16)17;/h1-5H,(H,16,17);/q;+1/p-1. The smallest absolute Gasteiger partial charge is 0.542 e. The van der Waals surface area contributed by atoms with Crippen LogP contribution in [0.4, 0.5) is 0 Å². The summed E-state index contributed by atoms with van der Waals surface area (Å²) in [5.74, 6) is -1.28. The Morgan fingerprint density at radius 1 is 1.42 bits per heavy atom. The maximum atomic E-state index is 10.7. The van der Waals surface area contributed by atoms with E-state index in [9.17, 15) is 9.90 Å². The van der Waals surface area contributed by atoms with Crippen LogP contribution in [0.15, 0.2) is 30.7 Å². The molecule has 0 aromatic carbocycles. The number of fused-ring (bicyclic) bond motifs is 1. The number of pyridine rings is 1. The van der Waals surface area contributed by atoms with Crippen LogP contribution >= 0.6 is 22.9 Å². The molecular formula is C11H5ClKN3O2S. The first-order valence-corrected chi connectivity index (χ1v) is 6.15. The average molecular weight is 318 g/mol. The van der Waals surface area contributed by atoms with Crippen molar-refractivity contribution >= 4 is 34.4 Å². The molecule has 0 saturated carbocycles. The first-order chi connectivity index (χ1) is 8.65. The number of carboxylic acid groups (broad SMARTS) is 1. The minimum Gasteiger partial charge on any atom is -0.542 e. The van der Waals surface area contributed by atoms with Crippen molar-refractivity contribution in [2.45, 2.75) is 0 Å². The summed E-state index contributed by atoms with van der Waals surface area (Å²) in [5.41, 5.74) is 1.60. The van der Waals surface area contributed by atoms with Gasteiger partial charge in [0.25, 0.3) is 0 Å². The van der Waals surface area contributed by atoms with Crippen LogP contribution in [-0.2, 0) is 0 Å². The molecule has 19 heavy (non-hydrogen) atoms. The molecule has 5 nitrogen and oxygen atoms in total. The molecule has 0 aliphatic rings. The van der Waals surface area contributed by atoms with E-state index in [2.05, 4.69) is 10.1 Å². The molecule has 0 atom stereocenters. The molecule has 3 heterocycles. The van der Waals surface area contributed by atoms with Crippen LogP contribution < -0.4 is 56.5 Å². The zero-order valence-electron chi connectivity index (χ0n) is 9.83. The van der Waals surface area contributed by atoms with Gasteiger partial charge in [-0.15, -0.1) is 11.3 Å². The SMILES string of the molecule is O=C([O-])c1ncc(-c2cnn3ccc(Cl)cc23)s1.[K+]. The largest absolute Gasteiger partial charge is 1.00 e. The molecule has 0 saturated heterocycles. The van der Waals surface area contributed by atoms with Gasteiger partial charge in [0.2, 0.25) is 0 Å². The summed E-state index contributed by atoms with van der Waals surface area (Å²) in [6.07, 6.45) is 4.88. The van der Waals surface area contributed by atoms with Gasteiger partial charge in [-0.2, -0.15) is 5.10 Å². The van der Waals surface area contributed by atoms with E-state index in [0.717, 1.165) is 22.4 Å². The molecule has 3 aromatic heterocycles. The minimum absolute atomic E-state index is 0. The second-order valence-electron chi connectivity index (χ2n) is 3.55. The Morgan fingerprint density at radius 3 is 2.89 bits per heavy atom.